The summed E-state index contributed by atoms with van der Waals surface area (Å²) in [5.74, 6) is 0.350. The van der Waals surface area contributed by atoms with Gasteiger partial charge in [0.05, 0.1) is 0 Å². The maximum Gasteiger partial charge on any atom is 0.286 e. The van der Waals surface area contributed by atoms with Crippen LogP contribution in [0.1, 0.15) is 52.9 Å². The molecule has 0 radical (unpaired) electrons. The molecule has 0 bridgehead atoms. The lowest BCUT2D eigenvalue weighted by molar-refractivity contribution is 0.0990. The van der Waals surface area contributed by atoms with Gasteiger partial charge in [-0.3, -0.25) is 4.79 Å². The number of nitrogens with two attached hydrogens (primary N) is 1. The van der Waals surface area contributed by atoms with Crippen LogP contribution in [0.25, 0.3) is 0 Å². The van der Waals surface area contributed by atoms with Gasteiger partial charge >= 0.3 is 0 Å². The van der Waals surface area contributed by atoms with Crippen LogP contribution in [0.5, 0.6) is 0 Å². The molecule has 26 heavy (non-hydrogen) atoms. The van der Waals surface area contributed by atoms with Crippen LogP contribution in [-0.4, -0.2) is 39.6 Å². The largest absolute Gasteiger partial charge is 0.363 e. The second-order valence-electron chi connectivity index (χ2n) is 7.40. The number of carbonyl (C=O) groups is 1. The van der Waals surface area contributed by atoms with Gasteiger partial charge in [-0.15, -0.1) is 0 Å². The van der Waals surface area contributed by atoms with E-state index in [1.54, 1.807) is 0 Å². The van der Waals surface area contributed by atoms with E-state index in [0.29, 0.717) is 12.1 Å². The van der Waals surface area contributed by atoms with Crippen molar-refractivity contribution in [1.29, 1.82) is 0 Å². The molecule has 2 aromatic heterocycles. The van der Waals surface area contributed by atoms with Gasteiger partial charge in [-0.1, -0.05) is 0 Å². The fraction of sp³-hybridized carbons (Fsp3) is 0.526. The first-order valence-electron chi connectivity index (χ1n) is 9.32. The third-order valence-electron chi connectivity index (χ3n) is 5.45. The molecule has 0 spiro atoms. The highest BCUT2D eigenvalue weighted by molar-refractivity contribution is 5.89. The number of carbonyl (C=O) groups excluding carboxylic acids is 1. The van der Waals surface area contributed by atoms with Crippen molar-refractivity contribution in [2.24, 2.45) is 5.73 Å². The van der Waals surface area contributed by atoms with Crippen molar-refractivity contribution in [3.8, 4) is 0 Å². The number of primary amides is 1. The van der Waals surface area contributed by atoms with E-state index in [4.69, 9.17) is 5.73 Å². The normalized spacial score (nSPS) is 19.9. The van der Waals surface area contributed by atoms with E-state index in [1.165, 1.54) is 18.5 Å². The monoisotopic (exact) mass is 354 g/mol. The van der Waals surface area contributed by atoms with Crippen LogP contribution in [0.15, 0.2) is 18.3 Å². The number of nitrogens with zero attached hydrogens (tertiary/aromatic N) is 4. The van der Waals surface area contributed by atoms with E-state index in [2.05, 4.69) is 43.1 Å². The van der Waals surface area contributed by atoms with Crippen molar-refractivity contribution in [3.63, 3.8) is 0 Å². The minimum absolute atomic E-state index is 0.0989. The van der Waals surface area contributed by atoms with Crippen LogP contribution in [0.4, 0.5) is 5.82 Å². The van der Waals surface area contributed by atoms with Gasteiger partial charge in [0.1, 0.15) is 5.82 Å². The molecule has 2 fully saturated rings. The molecule has 1 aliphatic heterocycles. The van der Waals surface area contributed by atoms with E-state index in [1.807, 2.05) is 13.8 Å². The molecule has 0 unspecified atom stereocenters. The molecule has 4 rings (SSSR count). The Kier molecular flexibility index (Phi) is 4.40. The van der Waals surface area contributed by atoms with Gasteiger partial charge in [0.15, 0.2) is 0 Å². The average molecular weight is 354 g/mol. The Morgan fingerprint density at radius 1 is 1.31 bits per heavy atom. The summed E-state index contributed by atoms with van der Waals surface area (Å²) in [5, 5.41) is 3.68. The zero-order chi connectivity index (χ0) is 18.3. The summed E-state index contributed by atoms with van der Waals surface area (Å²) in [6.45, 7) is 6.57. The minimum Gasteiger partial charge on any atom is -0.363 e. The molecule has 138 valence electrons. The number of amides is 1. The van der Waals surface area contributed by atoms with Gasteiger partial charge in [-0.2, -0.15) is 0 Å². The predicted octanol–water partition coefficient (Wildman–Crippen LogP) is 1.70. The van der Waals surface area contributed by atoms with Crippen molar-refractivity contribution >= 4 is 11.7 Å². The van der Waals surface area contributed by atoms with Gasteiger partial charge in [0.25, 0.3) is 5.91 Å². The zero-order valence-corrected chi connectivity index (χ0v) is 15.4. The van der Waals surface area contributed by atoms with E-state index in [9.17, 15) is 4.79 Å². The van der Waals surface area contributed by atoms with E-state index >= 15 is 0 Å². The van der Waals surface area contributed by atoms with Crippen molar-refractivity contribution in [1.82, 2.24) is 19.9 Å². The molecule has 1 aliphatic carbocycles. The van der Waals surface area contributed by atoms with Crippen LogP contribution < -0.4 is 16.0 Å². The summed E-state index contributed by atoms with van der Waals surface area (Å²) in [6.07, 6.45) is 5.84. The molecular formula is C19H26N6O. The lowest BCUT2D eigenvalue weighted by Gasteiger charge is -2.21. The Morgan fingerprint density at radius 2 is 2.12 bits per heavy atom. The standard InChI is InChI=1S/C19H26N6O/c1-12-13(2)22-18(17(20)26)23-19(12)24-9-7-14(11-24)21-10-16-4-3-8-25(16)15-5-6-15/h3-4,8,14-15,21H,5-7,9-11H2,1-2H3,(H2,20,26)/t14-/m1/s1. The van der Waals surface area contributed by atoms with Gasteiger partial charge in [0, 0.05) is 54.9 Å². The summed E-state index contributed by atoms with van der Waals surface area (Å²) in [4.78, 5) is 22.3. The summed E-state index contributed by atoms with van der Waals surface area (Å²) in [5.41, 5.74) is 8.55. The highest BCUT2D eigenvalue weighted by atomic mass is 16.1. The average Bonchev–Trinajstić information content (AvgIpc) is 3.16. The van der Waals surface area contributed by atoms with Crippen molar-refractivity contribution < 1.29 is 4.79 Å². The first-order valence-corrected chi connectivity index (χ1v) is 9.32. The van der Waals surface area contributed by atoms with Crippen LogP contribution in [-0.2, 0) is 6.54 Å². The number of anilines is 1. The minimum atomic E-state index is -0.580. The van der Waals surface area contributed by atoms with Crippen molar-refractivity contribution in [2.45, 2.75) is 51.7 Å². The molecule has 7 nitrogen and oxygen atoms in total. The second kappa shape index (κ2) is 6.72. The van der Waals surface area contributed by atoms with Crippen LogP contribution in [0.3, 0.4) is 0 Å². The summed E-state index contributed by atoms with van der Waals surface area (Å²) in [7, 11) is 0. The fourth-order valence-electron chi connectivity index (χ4n) is 3.69. The fourth-order valence-corrected chi connectivity index (χ4v) is 3.69. The number of hydrogen-bond donors (Lipinski definition) is 2. The quantitative estimate of drug-likeness (QED) is 0.824. The number of hydrogen-bond acceptors (Lipinski definition) is 5. The van der Waals surface area contributed by atoms with E-state index in [-0.39, 0.29) is 5.82 Å². The molecule has 2 aliphatic rings. The predicted molar refractivity (Wildman–Crippen MR) is 100 cm³/mol. The number of aryl methyl sites for hydroxylation is 1. The molecule has 3 N–H and O–H groups in total. The van der Waals surface area contributed by atoms with Crippen LogP contribution in [0, 0.1) is 13.8 Å². The first kappa shape index (κ1) is 17.0. The Hall–Kier alpha value is -2.41. The summed E-state index contributed by atoms with van der Waals surface area (Å²) >= 11 is 0. The van der Waals surface area contributed by atoms with Gasteiger partial charge < -0.3 is 20.5 Å². The maximum absolute atomic E-state index is 11.5. The highest BCUT2D eigenvalue weighted by Crippen LogP contribution is 2.36. The molecule has 3 heterocycles. The Balaban J connectivity index is 1.42. The third-order valence-corrected chi connectivity index (χ3v) is 5.45. The Labute approximate surface area is 153 Å². The Morgan fingerprint density at radius 3 is 2.85 bits per heavy atom. The SMILES string of the molecule is Cc1nc(C(N)=O)nc(N2CC[C@@H](NCc3cccn3C3CC3)C2)c1C. The lowest BCUT2D eigenvalue weighted by atomic mass is 10.2. The Bertz CT molecular complexity index is 825. The smallest absolute Gasteiger partial charge is 0.286 e. The van der Waals surface area contributed by atoms with Gasteiger partial charge in [0.2, 0.25) is 5.82 Å². The summed E-state index contributed by atoms with van der Waals surface area (Å²) in [6, 6.07) is 5.45. The van der Waals surface area contributed by atoms with E-state index < -0.39 is 5.91 Å². The number of aromatic nitrogens is 3. The zero-order valence-electron chi connectivity index (χ0n) is 15.4. The van der Waals surface area contributed by atoms with Crippen molar-refractivity contribution in [3.05, 3.63) is 41.1 Å². The maximum atomic E-state index is 11.5. The molecule has 1 saturated carbocycles. The molecule has 1 saturated heterocycles. The molecule has 1 atom stereocenters. The molecular weight excluding hydrogens is 328 g/mol. The molecule has 7 heteroatoms. The van der Waals surface area contributed by atoms with Gasteiger partial charge in [-0.05, 0) is 45.2 Å². The second-order valence-corrected chi connectivity index (χ2v) is 7.40. The number of rotatable bonds is 6. The highest BCUT2D eigenvalue weighted by Gasteiger charge is 2.27. The molecule has 0 aromatic carbocycles. The van der Waals surface area contributed by atoms with Crippen molar-refractivity contribution in [2.75, 3.05) is 18.0 Å². The summed E-state index contributed by atoms with van der Waals surface area (Å²) < 4.78 is 2.40. The topological polar surface area (TPSA) is 89.1 Å². The van der Waals surface area contributed by atoms with Crippen LogP contribution >= 0.6 is 0 Å². The number of nitrogens with one attached hydrogen (secondary N) is 1. The lowest BCUT2D eigenvalue weighted by Crippen LogP contribution is -2.33. The third kappa shape index (κ3) is 3.31. The molecule has 2 aromatic rings. The van der Waals surface area contributed by atoms with Crippen LogP contribution in [0.2, 0.25) is 0 Å². The van der Waals surface area contributed by atoms with Gasteiger partial charge in [-0.25, -0.2) is 9.97 Å². The van der Waals surface area contributed by atoms with E-state index in [0.717, 1.165) is 43.1 Å². The first-order chi connectivity index (χ1) is 12.5. The molecule has 1 amide bonds.